The molecule has 7 nitrogen and oxygen atoms in total. The summed E-state index contributed by atoms with van der Waals surface area (Å²) in [5.41, 5.74) is 1.63. The van der Waals surface area contributed by atoms with Crippen LogP contribution < -0.4 is 9.47 Å². The van der Waals surface area contributed by atoms with Gasteiger partial charge in [-0.1, -0.05) is 12.1 Å². The normalized spacial score (nSPS) is 19.9. The molecule has 1 aliphatic rings. The summed E-state index contributed by atoms with van der Waals surface area (Å²) in [5.74, 6) is -0.151. The first-order valence-corrected chi connectivity index (χ1v) is 8.90. The molecule has 1 heterocycles. The lowest BCUT2D eigenvalue weighted by atomic mass is 9.82. The van der Waals surface area contributed by atoms with Crippen molar-refractivity contribution in [1.82, 2.24) is 0 Å². The van der Waals surface area contributed by atoms with Crippen molar-refractivity contribution in [3.63, 3.8) is 0 Å². The average Bonchev–Trinajstić information content (AvgIpc) is 3.05. The molecule has 0 aliphatic carbocycles. The number of hydrogen-bond donors (Lipinski definition) is 2. The molecular weight excluding hydrogens is 364 g/mol. The summed E-state index contributed by atoms with van der Waals surface area (Å²) in [4.78, 5) is 12.4. The highest BCUT2D eigenvalue weighted by molar-refractivity contribution is 5.75. The van der Waals surface area contributed by atoms with Crippen LogP contribution in [-0.4, -0.2) is 44.1 Å². The molecule has 0 saturated carbocycles. The molecule has 0 amide bonds. The molecule has 1 aliphatic heterocycles. The van der Waals surface area contributed by atoms with Crippen molar-refractivity contribution in [1.29, 1.82) is 0 Å². The number of phenols is 2. The average molecular weight is 388 g/mol. The molecule has 0 bridgehead atoms. The van der Waals surface area contributed by atoms with Gasteiger partial charge in [-0.25, -0.2) is 0 Å². The molecule has 3 atom stereocenters. The quantitative estimate of drug-likeness (QED) is 0.704. The van der Waals surface area contributed by atoms with Crippen LogP contribution in [0.2, 0.25) is 0 Å². The molecule has 0 aromatic heterocycles. The summed E-state index contributed by atoms with van der Waals surface area (Å²) in [6.45, 7) is 0.237. The number of hydrogen-bond acceptors (Lipinski definition) is 7. The maximum Gasteiger partial charge on any atom is 0.309 e. The van der Waals surface area contributed by atoms with Crippen LogP contribution in [0.25, 0.3) is 0 Å². The van der Waals surface area contributed by atoms with Crippen molar-refractivity contribution in [2.45, 2.75) is 12.5 Å². The number of rotatable bonds is 7. The number of carbonyl (C=O) groups is 1. The molecule has 150 valence electrons. The number of carbonyl (C=O) groups excluding carboxylic acids is 1. The van der Waals surface area contributed by atoms with Gasteiger partial charge in [0.2, 0.25) is 0 Å². The van der Waals surface area contributed by atoms with Gasteiger partial charge in [0.05, 0.1) is 32.8 Å². The van der Waals surface area contributed by atoms with Crippen molar-refractivity contribution in [3.05, 3.63) is 47.5 Å². The van der Waals surface area contributed by atoms with Crippen LogP contribution in [0.1, 0.15) is 17.2 Å². The van der Waals surface area contributed by atoms with Crippen molar-refractivity contribution in [2.24, 2.45) is 11.8 Å². The summed E-state index contributed by atoms with van der Waals surface area (Å²) in [5, 5.41) is 19.6. The Morgan fingerprint density at radius 3 is 2.32 bits per heavy atom. The van der Waals surface area contributed by atoms with E-state index in [4.69, 9.17) is 18.9 Å². The van der Waals surface area contributed by atoms with Gasteiger partial charge in [0.1, 0.15) is 0 Å². The van der Waals surface area contributed by atoms with Gasteiger partial charge in [-0.05, 0) is 41.8 Å². The molecule has 28 heavy (non-hydrogen) atoms. The highest BCUT2D eigenvalue weighted by Crippen LogP contribution is 2.40. The van der Waals surface area contributed by atoms with E-state index >= 15 is 0 Å². The molecule has 3 rings (SSSR count). The summed E-state index contributed by atoms with van der Waals surface area (Å²) in [6, 6.07) is 10.00. The lowest BCUT2D eigenvalue weighted by Crippen LogP contribution is -2.25. The van der Waals surface area contributed by atoms with Gasteiger partial charge in [0.15, 0.2) is 23.0 Å². The molecule has 2 N–H and O–H groups in total. The largest absolute Gasteiger partial charge is 0.504 e. The van der Waals surface area contributed by atoms with Crippen LogP contribution in [-0.2, 0) is 20.7 Å². The summed E-state index contributed by atoms with van der Waals surface area (Å²) in [6.07, 6.45) is 0.0137. The van der Waals surface area contributed by atoms with Gasteiger partial charge >= 0.3 is 5.97 Å². The Morgan fingerprint density at radius 1 is 1.04 bits per heavy atom. The van der Waals surface area contributed by atoms with Crippen molar-refractivity contribution >= 4 is 5.97 Å². The van der Waals surface area contributed by atoms with Crippen molar-refractivity contribution in [3.8, 4) is 23.0 Å². The lowest BCUT2D eigenvalue weighted by Gasteiger charge is -2.25. The van der Waals surface area contributed by atoms with Crippen LogP contribution in [0.15, 0.2) is 36.4 Å². The summed E-state index contributed by atoms with van der Waals surface area (Å²) in [7, 11) is 4.53. The van der Waals surface area contributed by atoms with Crippen LogP contribution in [0.3, 0.4) is 0 Å². The first-order chi connectivity index (χ1) is 13.5. The molecule has 0 radical (unpaired) electrons. The number of methoxy groups -OCH3 is 3. The van der Waals surface area contributed by atoms with E-state index in [0.717, 1.165) is 11.1 Å². The second kappa shape index (κ2) is 8.39. The number of aromatic hydroxyl groups is 2. The SMILES string of the molecule is COc1cc(C[C@H]2C(=O)OC[C@@H]2[C@@H](OC)c2ccc(O)c(OC)c2)ccc1O. The van der Waals surface area contributed by atoms with Gasteiger partial charge in [-0.3, -0.25) is 4.79 Å². The molecular formula is C21H24O7. The highest BCUT2D eigenvalue weighted by Gasteiger charge is 2.42. The van der Waals surface area contributed by atoms with Gasteiger partial charge in [0.25, 0.3) is 0 Å². The monoisotopic (exact) mass is 388 g/mol. The van der Waals surface area contributed by atoms with E-state index in [1.165, 1.54) is 20.3 Å². The third-order valence-corrected chi connectivity index (χ3v) is 5.11. The van der Waals surface area contributed by atoms with Gasteiger partial charge in [0, 0.05) is 13.0 Å². The smallest absolute Gasteiger partial charge is 0.309 e. The number of phenolic OH excluding ortho intramolecular Hbond substituents is 2. The Labute approximate surface area is 163 Å². The van der Waals surface area contributed by atoms with Crippen LogP contribution in [0.4, 0.5) is 0 Å². The van der Waals surface area contributed by atoms with Crippen molar-refractivity contribution < 1.29 is 34.0 Å². The Kier molecular flexibility index (Phi) is 5.94. The van der Waals surface area contributed by atoms with Gasteiger partial charge in [-0.2, -0.15) is 0 Å². The maximum atomic E-state index is 12.4. The lowest BCUT2D eigenvalue weighted by molar-refractivity contribution is -0.141. The topological polar surface area (TPSA) is 94.5 Å². The fourth-order valence-electron chi connectivity index (χ4n) is 3.64. The number of ether oxygens (including phenoxy) is 4. The minimum atomic E-state index is -0.418. The highest BCUT2D eigenvalue weighted by atomic mass is 16.5. The molecule has 2 aromatic carbocycles. The molecule has 0 unspecified atom stereocenters. The first kappa shape index (κ1) is 19.8. The van der Waals surface area contributed by atoms with Crippen molar-refractivity contribution in [2.75, 3.05) is 27.9 Å². The van der Waals surface area contributed by atoms with E-state index in [1.807, 2.05) is 0 Å². The Hall–Kier alpha value is -2.93. The zero-order valence-corrected chi connectivity index (χ0v) is 16.0. The first-order valence-electron chi connectivity index (χ1n) is 8.90. The fraction of sp³-hybridized carbons (Fsp3) is 0.381. The predicted molar refractivity (Wildman–Crippen MR) is 101 cm³/mol. The van der Waals surface area contributed by atoms with E-state index in [9.17, 15) is 15.0 Å². The van der Waals surface area contributed by atoms with Crippen LogP contribution in [0, 0.1) is 11.8 Å². The Morgan fingerprint density at radius 2 is 1.68 bits per heavy atom. The van der Waals surface area contributed by atoms with Gasteiger partial charge < -0.3 is 29.2 Å². The standard InChI is InChI=1S/C21H24O7/c1-25-18-9-12(4-6-16(18)22)8-14-15(11-28-21(14)24)20(27-3)13-5-7-17(23)19(10-13)26-2/h4-7,9-10,14-15,20,22-23H,8,11H2,1-3H3/t14-,15+,20+/m1/s1. The minimum Gasteiger partial charge on any atom is -0.504 e. The summed E-state index contributed by atoms with van der Waals surface area (Å²) >= 11 is 0. The zero-order valence-electron chi connectivity index (χ0n) is 16.0. The second-order valence-electron chi connectivity index (χ2n) is 6.70. The van der Waals surface area contributed by atoms with E-state index in [2.05, 4.69) is 0 Å². The second-order valence-corrected chi connectivity index (χ2v) is 6.70. The maximum absolute atomic E-state index is 12.4. The minimum absolute atomic E-state index is 0.0348. The zero-order chi connectivity index (χ0) is 20.3. The molecule has 2 aromatic rings. The predicted octanol–water partition coefficient (Wildman–Crippen LogP) is 2.83. The van der Waals surface area contributed by atoms with Crippen LogP contribution in [0.5, 0.6) is 23.0 Å². The third kappa shape index (κ3) is 3.84. The molecule has 0 spiro atoms. The Bertz CT molecular complexity index is 849. The van der Waals surface area contributed by atoms with Gasteiger partial charge in [-0.15, -0.1) is 0 Å². The van der Waals surface area contributed by atoms with E-state index in [-0.39, 0.29) is 30.0 Å². The third-order valence-electron chi connectivity index (χ3n) is 5.11. The van der Waals surface area contributed by atoms with Crippen LogP contribution >= 0.6 is 0 Å². The molecule has 1 saturated heterocycles. The Balaban J connectivity index is 1.88. The summed E-state index contributed by atoms with van der Waals surface area (Å²) < 4.78 is 21.4. The van der Waals surface area contributed by atoms with E-state index in [1.54, 1.807) is 37.4 Å². The fourth-order valence-corrected chi connectivity index (χ4v) is 3.64. The number of cyclic esters (lactones) is 1. The van der Waals surface area contributed by atoms with E-state index < -0.39 is 12.0 Å². The molecule has 7 heteroatoms. The van der Waals surface area contributed by atoms with E-state index in [0.29, 0.717) is 17.9 Å². The number of benzene rings is 2. The number of esters is 1. The molecule has 1 fully saturated rings.